The summed E-state index contributed by atoms with van der Waals surface area (Å²) >= 11 is 1.29. The second-order valence-electron chi connectivity index (χ2n) is 8.25. The Balaban J connectivity index is 1.39. The van der Waals surface area contributed by atoms with Gasteiger partial charge in [-0.05, 0) is 50.6 Å². The fourth-order valence-corrected chi connectivity index (χ4v) is 4.32. The Morgan fingerprint density at radius 3 is 2.23 bits per heavy atom. The minimum absolute atomic E-state index is 0.128. The number of aromatic nitrogens is 3. The number of anilines is 1. The summed E-state index contributed by atoms with van der Waals surface area (Å²) in [6.07, 6.45) is 0. The van der Waals surface area contributed by atoms with E-state index in [1.165, 1.54) is 17.3 Å². The van der Waals surface area contributed by atoms with E-state index >= 15 is 0 Å². The number of benzene rings is 3. The van der Waals surface area contributed by atoms with Gasteiger partial charge in [-0.25, -0.2) is 0 Å². The Labute approximate surface area is 209 Å². The molecule has 3 aromatic carbocycles. The molecule has 35 heavy (non-hydrogen) atoms. The fraction of sp³-hybridized carbons (Fsp3) is 0.185. The van der Waals surface area contributed by atoms with Gasteiger partial charge in [-0.2, -0.15) is 0 Å². The van der Waals surface area contributed by atoms with Crippen LogP contribution in [-0.4, -0.2) is 32.3 Å². The average Bonchev–Trinajstić information content (AvgIpc) is 3.23. The molecule has 0 radical (unpaired) electrons. The molecule has 0 spiro atoms. The van der Waals surface area contributed by atoms with Crippen molar-refractivity contribution in [3.05, 3.63) is 101 Å². The Morgan fingerprint density at radius 1 is 0.857 bits per heavy atom. The molecule has 4 aromatic rings. The lowest BCUT2D eigenvalue weighted by atomic mass is 10.1. The molecule has 0 unspecified atom stereocenters. The van der Waals surface area contributed by atoms with Gasteiger partial charge in [-0.15, -0.1) is 10.2 Å². The Kier molecular flexibility index (Phi) is 7.62. The molecule has 0 saturated heterocycles. The average molecular weight is 486 g/mol. The Bertz CT molecular complexity index is 1330. The lowest BCUT2D eigenvalue weighted by molar-refractivity contribution is -0.113. The normalized spacial score (nSPS) is 10.7. The topological polar surface area (TPSA) is 88.9 Å². The molecule has 0 atom stereocenters. The Morgan fingerprint density at radius 2 is 1.51 bits per heavy atom. The largest absolute Gasteiger partial charge is 0.348 e. The summed E-state index contributed by atoms with van der Waals surface area (Å²) in [6, 6.07) is 23.0. The van der Waals surface area contributed by atoms with Crippen LogP contribution in [0.15, 0.2) is 78.0 Å². The highest BCUT2D eigenvalue weighted by atomic mass is 32.2. The first-order chi connectivity index (χ1) is 16.9. The monoisotopic (exact) mass is 485 g/mol. The van der Waals surface area contributed by atoms with Crippen LogP contribution in [0.5, 0.6) is 0 Å². The smallest absolute Gasteiger partial charge is 0.253 e. The van der Waals surface area contributed by atoms with E-state index in [4.69, 9.17) is 0 Å². The van der Waals surface area contributed by atoms with E-state index in [2.05, 4.69) is 20.8 Å². The number of rotatable bonds is 8. The molecule has 4 rings (SSSR count). The summed E-state index contributed by atoms with van der Waals surface area (Å²) in [6.45, 7) is 6.34. The summed E-state index contributed by atoms with van der Waals surface area (Å²) in [5.41, 5.74) is 5.16. The highest BCUT2D eigenvalue weighted by Crippen LogP contribution is 2.23. The van der Waals surface area contributed by atoms with E-state index in [1.807, 2.05) is 73.9 Å². The van der Waals surface area contributed by atoms with Gasteiger partial charge >= 0.3 is 0 Å². The van der Waals surface area contributed by atoms with Gasteiger partial charge in [0.05, 0.1) is 17.0 Å². The quantitative estimate of drug-likeness (QED) is 0.348. The summed E-state index contributed by atoms with van der Waals surface area (Å²) < 4.78 is 1.92. The van der Waals surface area contributed by atoms with Crippen LogP contribution in [0.4, 0.5) is 5.69 Å². The van der Waals surface area contributed by atoms with Crippen molar-refractivity contribution in [3.8, 4) is 5.69 Å². The molecule has 2 N–H and O–H groups in total. The molecule has 178 valence electrons. The van der Waals surface area contributed by atoms with Crippen molar-refractivity contribution in [1.82, 2.24) is 20.1 Å². The minimum Gasteiger partial charge on any atom is -0.348 e. The lowest BCUT2D eigenvalue weighted by Gasteiger charge is -2.12. The third-order valence-corrected chi connectivity index (χ3v) is 6.37. The van der Waals surface area contributed by atoms with Crippen LogP contribution < -0.4 is 10.6 Å². The molecule has 0 aliphatic rings. The number of hydrogen-bond donors (Lipinski definition) is 2. The molecular formula is C27H27N5O2S. The van der Waals surface area contributed by atoms with Crippen molar-refractivity contribution in [1.29, 1.82) is 0 Å². The third kappa shape index (κ3) is 6.16. The molecule has 1 heterocycles. The van der Waals surface area contributed by atoms with Crippen molar-refractivity contribution < 1.29 is 9.59 Å². The van der Waals surface area contributed by atoms with Crippen LogP contribution in [0.25, 0.3) is 5.69 Å². The van der Waals surface area contributed by atoms with Gasteiger partial charge in [-0.3, -0.25) is 14.2 Å². The molecular weight excluding hydrogens is 458 g/mol. The van der Waals surface area contributed by atoms with Crippen molar-refractivity contribution in [3.63, 3.8) is 0 Å². The number of carbonyl (C=O) groups excluding carboxylic acids is 2. The minimum atomic E-state index is -0.246. The van der Waals surface area contributed by atoms with Gasteiger partial charge in [0.1, 0.15) is 5.82 Å². The molecule has 0 aliphatic heterocycles. The predicted octanol–water partition coefficient (Wildman–Crippen LogP) is 4.85. The molecule has 1 aromatic heterocycles. The molecule has 0 aliphatic carbocycles. The van der Waals surface area contributed by atoms with Gasteiger partial charge in [-0.1, -0.05) is 71.4 Å². The number of nitrogens with zero attached hydrogens (tertiary/aromatic N) is 3. The highest BCUT2D eigenvalue weighted by molar-refractivity contribution is 7.99. The summed E-state index contributed by atoms with van der Waals surface area (Å²) in [7, 11) is 0. The van der Waals surface area contributed by atoms with E-state index < -0.39 is 0 Å². The number of nitrogens with one attached hydrogen (secondary N) is 2. The second-order valence-corrected chi connectivity index (χ2v) is 9.19. The summed E-state index contributed by atoms with van der Waals surface area (Å²) in [4.78, 5) is 25.6. The fourth-order valence-electron chi connectivity index (χ4n) is 3.52. The van der Waals surface area contributed by atoms with Gasteiger partial charge in [0.2, 0.25) is 5.91 Å². The first kappa shape index (κ1) is 24.2. The number of aryl methyl sites for hydroxylation is 3. The SMILES string of the molecule is Cc1ccc(CNC(=O)c2ccccc2NC(=O)CSc2nnc(C)n2-c2ccc(C)cc2)cc1. The van der Waals surface area contributed by atoms with Crippen LogP contribution in [0.1, 0.15) is 32.9 Å². The van der Waals surface area contributed by atoms with Crippen LogP contribution in [0, 0.1) is 20.8 Å². The van der Waals surface area contributed by atoms with E-state index in [0.29, 0.717) is 23.0 Å². The lowest BCUT2D eigenvalue weighted by Crippen LogP contribution is -2.25. The van der Waals surface area contributed by atoms with E-state index in [1.54, 1.807) is 24.3 Å². The standard InChI is InChI=1S/C27H27N5O2S/c1-18-8-12-21(13-9-18)16-28-26(34)23-6-4-5-7-24(23)29-25(33)17-35-27-31-30-20(3)32(27)22-14-10-19(2)11-15-22/h4-15H,16-17H2,1-3H3,(H,28,34)(H,29,33). The molecule has 2 amide bonds. The third-order valence-electron chi connectivity index (χ3n) is 5.44. The zero-order valence-corrected chi connectivity index (χ0v) is 20.7. The second kappa shape index (κ2) is 11.0. The first-order valence-corrected chi connectivity index (χ1v) is 12.2. The molecule has 0 saturated carbocycles. The van der Waals surface area contributed by atoms with Crippen LogP contribution in [-0.2, 0) is 11.3 Å². The van der Waals surface area contributed by atoms with E-state index in [0.717, 1.165) is 22.6 Å². The van der Waals surface area contributed by atoms with Gasteiger partial charge in [0, 0.05) is 12.2 Å². The maximum Gasteiger partial charge on any atom is 0.253 e. The number of thioether (sulfide) groups is 1. The van der Waals surface area contributed by atoms with Gasteiger partial charge < -0.3 is 10.6 Å². The molecule has 0 fully saturated rings. The zero-order valence-electron chi connectivity index (χ0n) is 19.9. The number of hydrogen-bond acceptors (Lipinski definition) is 5. The maximum absolute atomic E-state index is 12.8. The highest BCUT2D eigenvalue weighted by Gasteiger charge is 2.16. The van der Waals surface area contributed by atoms with Crippen molar-refractivity contribution >= 4 is 29.3 Å². The molecule has 0 bridgehead atoms. The molecule has 8 heteroatoms. The number of para-hydroxylation sites is 1. The summed E-state index contributed by atoms with van der Waals surface area (Å²) in [5, 5.41) is 14.8. The van der Waals surface area contributed by atoms with Crippen molar-refractivity contribution in [2.45, 2.75) is 32.5 Å². The van der Waals surface area contributed by atoms with E-state index in [9.17, 15) is 9.59 Å². The van der Waals surface area contributed by atoms with Crippen LogP contribution in [0.2, 0.25) is 0 Å². The molecule has 7 nitrogen and oxygen atoms in total. The summed E-state index contributed by atoms with van der Waals surface area (Å²) in [5.74, 6) is 0.393. The van der Waals surface area contributed by atoms with Crippen molar-refractivity contribution in [2.24, 2.45) is 0 Å². The van der Waals surface area contributed by atoms with Crippen LogP contribution >= 0.6 is 11.8 Å². The maximum atomic E-state index is 12.8. The number of amides is 2. The Hall–Kier alpha value is -3.91. The van der Waals surface area contributed by atoms with Gasteiger partial charge in [0.15, 0.2) is 5.16 Å². The van der Waals surface area contributed by atoms with E-state index in [-0.39, 0.29) is 17.6 Å². The first-order valence-electron chi connectivity index (χ1n) is 11.2. The van der Waals surface area contributed by atoms with Crippen LogP contribution in [0.3, 0.4) is 0 Å². The number of carbonyl (C=O) groups is 2. The zero-order chi connectivity index (χ0) is 24.8. The van der Waals surface area contributed by atoms with Crippen molar-refractivity contribution in [2.75, 3.05) is 11.1 Å². The van der Waals surface area contributed by atoms with Gasteiger partial charge in [0.25, 0.3) is 5.91 Å². The predicted molar refractivity (Wildman–Crippen MR) is 139 cm³/mol.